The van der Waals surface area contributed by atoms with E-state index in [1.165, 1.54) is 0 Å². The normalized spacial score (nSPS) is 13.8. The fourth-order valence-corrected chi connectivity index (χ4v) is 4.18. The number of nitrogens with zero attached hydrogens (tertiary/aromatic N) is 6. The third-order valence-electron chi connectivity index (χ3n) is 5.80. The van der Waals surface area contributed by atoms with Crippen LogP contribution in [-0.2, 0) is 32.4 Å². The SMILES string of the molecule is Nc1nccc2c(NCc3cnc(N4CCn5c(nnc5C(F)(F)F)C4)c(CO)c3)cccc12. The van der Waals surface area contributed by atoms with Gasteiger partial charge >= 0.3 is 6.18 Å². The standard InChI is InChI=1S/C22H21F3N8O/c23-22(24,25)21-31-30-18-11-32(6-7-33(18)21)20-14(12-34)8-13(10-29-20)9-28-17-3-1-2-16-15(17)4-5-27-19(16)26/h1-5,8,10,28,34H,6-7,9,11-12H2,(H2,26,27). The average Bonchev–Trinajstić information content (AvgIpc) is 3.27. The molecule has 0 atom stereocenters. The third kappa shape index (κ3) is 3.96. The van der Waals surface area contributed by atoms with Crippen LogP contribution in [0.1, 0.15) is 22.8 Å². The van der Waals surface area contributed by atoms with Gasteiger partial charge in [-0.2, -0.15) is 13.2 Å². The summed E-state index contributed by atoms with van der Waals surface area (Å²) in [6.07, 6.45) is -1.22. The largest absolute Gasteiger partial charge is 0.451 e. The Hall–Kier alpha value is -3.93. The highest BCUT2D eigenvalue weighted by Crippen LogP contribution is 2.31. The molecule has 176 valence electrons. The fourth-order valence-electron chi connectivity index (χ4n) is 4.18. The van der Waals surface area contributed by atoms with Gasteiger partial charge < -0.3 is 25.6 Å². The maximum absolute atomic E-state index is 13.1. The number of anilines is 3. The molecule has 0 saturated heterocycles. The molecule has 0 aliphatic carbocycles. The van der Waals surface area contributed by atoms with E-state index < -0.39 is 12.0 Å². The maximum Gasteiger partial charge on any atom is 0.451 e. The van der Waals surface area contributed by atoms with E-state index in [1.807, 2.05) is 30.3 Å². The molecule has 4 N–H and O–H groups in total. The number of nitrogen functional groups attached to an aromatic ring is 1. The number of nitrogens with two attached hydrogens (primary N) is 1. The van der Waals surface area contributed by atoms with Crippen LogP contribution in [0.4, 0.5) is 30.5 Å². The van der Waals surface area contributed by atoms with E-state index in [9.17, 15) is 18.3 Å². The van der Waals surface area contributed by atoms with E-state index in [2.05, 4.69) is 25.5 Å². The van der Waals surface area contributed by atoms with Crippen molar-refractivity contribution in [3.63, 3.8) is 0 Å². The van der Waals surface area contributed by atoms with E-state index in [0.717, 1.165) is 26.6 Å². The highest BCUT2D eigenvalue weighted by molar-refractivity contribution is 5.99. The van der Waals surface area contributed by atoms with Crippen molar-refractivity contribution < 1.29 is 18.3 Å². The summed E-state index contributed by atoms with van der Waals surface area (Å²) < 4.78 is 40.4. The fraction of sp³-hybridized carbons (Fsp3) is 0.273. The van der Waals surface area contributed by atoms with Gasteiger partial charge in [-0.05, 0) is 23.8 Å². The summed E-state index contributed by atoms with van der Waals surface area (Å²) in [4.78, 5) is 10.4. The number of rotatable bonds is 5. The van der Waals surface area contributed by atoms with Crippen molar-refractivity contribution >= 4 is 28.1 Å². The third-order valence-corrected chi connectivity index (χ3v) is 5.80. The number of benzene rings is 1. The molecule has 1 aliphatic heterocycles. The van der Waals surface area contributed by atoms with E-state index >= 15 is 0 Å². The summed E-state index contributed by atoms with van der Waals surface area (Å²) in [7, 11) is 0. The number of halogens is 3. The van der Waals surface area contributed by atoms with Crippen molar-refractivity contribution in [1.29, 1.82) is 0 Å². The minimum atomic E-state index is -4.55. The van der Waals surface area contributed by atoms with Crippen LogP contribution in [0.3, 0.4) is 0 Å². The Balaban J connectivity index is 1.35. The molecule has 12 heteroatoms. The smallest absolute Gasteiger partial charge is 0.392 e. The first-order valence-corrected chi connectivity index (χ1v) is 10.5. The van der Waals surface area contributed by atoms with Gasteiger partial charge in [-0.15, -0.1) is 10.2 Å². The predicted molar refractivity (Wildman–Crippen MR) is 120 cm³/mol. The van der Waals surface area contributed by atoms with Crippen LogP contribution >= 0.6 is 0 Å². The first kappa shape index (κ1) is 21.9. The van der Waals surface area contributed by atoms with Gasteiger partial charge in [-0.3, -0.25) is 0 Å². The number of hydrogen-bond donors (Lipinski definition) is 3. The second kappa shape index (κ2) is 8.45. The monoisotopic (exact) mass is 470 g/mol. The molecule has 0 saturated carbocycles. The van der Waals surface area contributed by atoms with Crippen LogP contribution in [-0.4, -0.2) is 36.4 Å². The predicted octanol–water partition coefficient (Wildman–Crippen LogP) is 2.95. The lowest BCUT2D eigenvalue weighted by atomic mass is 10.1. The maximum atomic E-state index is 13.1. The zero-order valence-corrected chi connectivity index (χ0v) is 17.9. The number of aromatic nitrogens is 5. The number of pyridine rings is 2. The van der Waals surface area contributed by atoms with E-state index in [0.29, 0.717) is 23.7 Å². The minimum absolute atomic E-state index is 0.0755. The van der Waals surface area contributed by atoms with Crippen LogP contribution in [0.15, 0.2) is 42.7 Å². The van der Waals surface area contributed by atoms with E-state index in [1.54, 1.807) is 17.3 Å². The number of aliphatic hydroxyl groups is 1. The summed E-state index contributed by atoms with van der Waals surface area (Å²) in [5.74, 6) is 0.178. The molecule has 0 bridgehead atoms. The summed E-state index contributed by atoms with van der Waals surface area (Å²) in [6, 6.07) is 9.45. The number of alkyl halides is 3. The molecule has 4 heterocycles. The van der Waals surface area contributed by atoms with Crippen molar-refractivity contribution in [2.75, 3.05) is 22.5 Å². The first-order chi connectivity index (χ1) is 16.3. The van der Waals surface area contributed by atoms with Crippen LogP contribution in [0.25, 0.3) is 10.8 Å². The Labute approximate surface area is 192 Å². The Morgan fingerprint density at radius 1 is 1.09 bits per heavy atom. The molecule has 34 heavy (non-hydrogen) atoms. The van der Waals surface area contributed by atoms with Crippen LogP contribution in [0.5, 0.6) is 0 Å². The Bertz CT molecular complexity index is 1350. The first-order valence-electron chi connectivity index (χ1n) is 10.5. The highest BCUT2D eigenvalue weighted by atomic mass is 19.4. The van der Waals surface area contributed by atoms with Gasteiger partial charge in [0.2, 0.25) is 5.82 Å². The second-order valence-electron chi connectivity index (χ2n) is 7.95. The molecule has 4 aromatic rings. The molecule has 0 spiro atoms. The Morgan fingerprint density at radius 3 is 2.74 bits per heavy atom. The molecule has 1 aliphatic rings. The summed E-state index contributed by atoms with van der Waals surface area (Å²) >= 11 is 0. The van der Waals surface area contributed by atoms with Gasteiger partial charge in [0.1, 0.15) is 11.6 Å². The number of hydrogen-bond acceptors (Lipinski definition) is 8. The molecular weight excluding hydrogens is 449 g/mol. The molecular formula is C22H21F3N8O. The lowest BCUT2D eigenvalue weighted by Crippen LogP contribution is -2.36. The molecule has 3 aromatic heterocycles. The minimum Gasteiger partial charge on any atom is -0.392 e. The molecule has 5 rings (SSSR count). The van der Waals surface area contributed by atoms with E-state index in [-0.39, 0.29) is 32.1 Å². The number of aliphatic hydroxyl groups excluding tert-OH is 1. The van der Waals surface area contributed by atoms with Gasteiger partial charge in [-0.25, -0.2) is 9.97 Å². The molecule has 1 aromatic carbocycles. The van der Waals surface area contributed by atoms with Crippen molar-refractivity contribution in [1.82, 2.24) is 24.7 Å². The van der Waals surface area contributed by atoms with Crippen molar-refractivity contribution in [2.24, 2.45) is 0 Å². The lowest BCUT2D eigenvalue weighted by molar-refractivity contribution is -0.147. The zero-order chi connectivity index (χ0) is 23.9. The van der Waals surface area contributed by atoms with E-state index in [4.69, 9.17) is 5.73 Å². The number of fused-ring (bicyclic) bond motifs is 2. The van der Waals surface area contributed by atoms with Gasteiger partial charge in [0, 0.05) is 54.1 Å². The molecule has 0 fully saturated rings. The summed E-state index contributed by atoms with van der Waals surface area (Å²) in [5.41, 5.74) is 8.27. The quantitative estimate of drug-likeness (QED) is 0.408. The Morgan fingerprint density at radius 2 is 1.94 bits per heavy atom. The second-order valence-corrected chi connectivity index (χ2v) is 7.95. The molecule has 0 radical (unpaired) electrons. The molecule has 0 amide bonds. The Kier molecular flexibility index (Phi) is 5.44. The molecule has 0 unspecified atom stereocenters. The van der Waals surface area contributed by atoms with Gasteiger partial charge in [-0.1, -0.05) is 12.1 Å². The van der Waals surface area contributed by atoms with Gasteiger partial charge in [0.25, 0.3) is 0 Å². The van der Waals surface area contributed by atoms with Gasteiger partial charge in [0.05, 0.1) is 13.2 Å². The lowest BCUT2D eigenvalue weighted by Gasteiger charge is -2.30. The van der Waals surface area contributed by atoms with Crippen LogP contribution in [0, 0.1) is 0 Å². The average molecular weight is 470 g/mol. The summed E-state index contributed by atoms with van der Waals surface area (Å²) in [5, 5.41) is 22.1. The number of nitrogens with one attached hydrogen (secondary N) is 1. The van der Waals surface area contributed by atoms with Crippen molar-refractivity contribution in [3.8, 4) is 0 Å². The van der Waals surface area contributed by atoms with Gasteiger partial charge in [0.15, 0.2) is 5.82 Å². The molecule has 9 nitrogen and oxygen atoms in total. The van der Waals surface area contributed by atoms with Crippen LogP contribution in [0.2, 0.25) is 0 Å². The highest BCUT2D eigenvalue weighted by Gasteiger charge is 2.39. The van der Waals surface area contributed by atoms with Crippen LogP contribution < -0.4 is 16.0 Å². The van der Waals surface area contributed by atoms with Crippen molar-refractivity contribution in [3.05, 3.63) is 65.5 Å². The topological polar surface area (TPSA) is 118 Å². The summed E-state index contributed by atoms with van der Waals surface area (Å²) in [6.45, 7) is 0.671. The van der Waals surface area contributed by atoms with Crippen molar-refractivity contribution in [2.45, 2.75) is 32.4 Å². The zero-order valence-electron chi connectivity index (χ0n) is 17.9.